The molecule has 0 radical (unpaired) electrons. The number of nitrogens with one attached hydrogen (secondary N) is 1. The third-order valence-electron chi connectivity index (χ3n) is 4.84. The zero-order valence-electron chi connectivity index (χ0n) is 17.4. The highest BCUT2D eigenvalue weighted by molar-refractivity contribution is 7.99. The maximum absolute atomic E-state index is 13.4. The molecule has 0 aliphatic rings. The van der Waals surface area contributed by atoms with Gasteiger partial charge in [0.1, 0.15) is 5.52 Å². The second kappa shape index (κ2) is 9.49. The molecule has 0 atom stereocenters. The highest BCUT2D eigenvalue weighted by Crippen LogP contribution is 2.22. The van der Waals surface area contributed by atoms with Crippen LogP contribution in [0.3, 0.4) is 0 Å². The van der Waals surface area contributed by atoms with Gasteiger partial charge in [-0.25, -0.2) is 4.98 Å². The van der Waals surface area contributed by atoms with Crippen LogP contribution in [0.1, 0.15) is 23.1 Å². The lowest BCUT2D eigenvalue weighted by Crippen LogP contribution is -2.27. The van der Waals surface area contributed by atoms with Crippen molar-refractivity contribution in [2.75, 3.05) is 5.75 Å². The SMILES string of the molecule is CCn1nc(C)c2nc(SCC(=O)NCc3ccccc3)n(Cc3cccs3)c(=O)c21. The Bertz CT molecular complexity index is 1250. The molecule has 3 heterocycles. The third-order valence-corrected chi connectivity index (χ3v) is 6.68. The molecule has 1 amide bonds. The van der Waals surface area contributed by atoms with Gasteiger partial charge in [-0.1, -0.05) is 48.2 Å². The Labute approximate surface area is 188 Å². The first kappa shape index (κ1) is 21.3. The first-order valence-electron chi connectivity index (χ1n) is 10.0. The molecule has 0 fully saturated rings. The van der Waals surface area contributed by atoms with Crippen LogP contribution in [-0.2, 0) is 24.4 Å². The minimum Gasteiger partial charge on any atom is -0.351 e. The summed E-state index contributed by atoms with van der Waals surface area (Å²) in [6.45, 7) is 5.29. The number of carbonyl (C=O) groups excluding carboxylic acids is 1. The van der Waals surface area contributed by atoms with Gasteiger partial charge in [0, 0.05) is 18.0 Å². The minimum atomic E-state index is -0.131. The number of aryl methyl sites for hydroxylation is 2. The summed E-state index contributed by atoms with van der Waals surface area (Å²) in [6.07, 6.45) is 0. The predicted octanol–water partition coefficient (Wildman–Crippen LogP) is 3.44. The predicted molar refractivity (Wildman–Crippen MR) is 125 cm³/mol. The lowest BCUT2D eigenvalue weighted by Gasteiger charge is -2.12. The second-order valence-electron chi connectivity index (χ2n) is 7.01. The van der Waals surface area contributed by atoms with Gasteiger partial charge >= 0.3 is 0 Å². The van der Waals surface area contributed by atoms with Crippen LogP contribution in [0.15, 0.2) is 57.8 Å². The van der Waals surface area contributed by atoms with Crippen molar-refractivity contribution in [2.45, 2.75) is 38.6 Å². The summed E-state index contributed by atoms with van der Waals surface area (Å²) in [6, 6.07) is 13.7. The van der Waals surface area contributed by atoms with E-state index >= 15 is 0 Å². The third kappa shape index (κ3) is 4.72. The first-order chi connectivity index (χ1) is 15.1. The van der Waals surface area contributed by atoms with Gasteiger partial charge in [0.05, 0.1) is 18.0 Å². The van der Waals surface area contributed by atoms with Gasteiger partial charge in [-0.15, -0.1) is 11.3 Å². The molecule has 9 heteroatoms. The number of thioether (sulfide) groups is 1. The Hall–Kier alpha value is -2.91. The molecule has 0 saturated carbocycles. The first-order valence-corrected chi connectivity index (χ1v) is 11.9. The number of carbonyl (C=O) groups is 1. The molecule has 31 heavy (non-hydrogen) atoms. The number of nitrogens with zero attached hydrogens (tertiary/aromatic N) is 4. The molecule has 7 nitrogen and oxygen atoms in total. The Kier molecular flexibility index (Phi) is 6.53. The van der Waals surface area contributed by atoms with Crippen molar-refractivity contribution in [3.05, 3.63) is 74.3 Å². The lowest BCUT2D eigenvalue weighted by molar-refractivity contribution is -0.118. The number of amides is 1. The standard InChI is InChI=1S/C22H23N5O2S2/c1-3-27-20-19(15(2)25-27)24-22(26(21(20)29)13-17-10-7-11-30-17)31-14-18(28)23-12-16-8-5-4-6-9-16/h4-11H,3,12-14H2,1-2H3,(H,23,28). The number of hydrogen-bond acceptors (Lipinski definition) is 6. The van der Waals surface area contributed by atoms with E-state index in [0.717, 1.165) is 10.4 Å². The molecule has 3 aromatic heterocycles. The average Bonchev–Trinajstić information content (AvgIpc) is 3.41. The minimum absolute atomic E-state index is 0.105. The molecule has 1 aromatic carbocycles. The summed E-state index contributed by atoms with van der Waals surface area (Å²) in [7, 11) is 0. The summed E-state index contributed by atoms with van der Waals surface area (Å²) in [5, 5.41) is 9.89. The topological polar surface area (TPSA) is 81.8 Å². The van der Waals surface area contributed by atoms with E-state index in [1.165, 1.54) is 11.8 Å². The normalized spacial score (nSPS) is 11.2. The number of rotatable bonds is 8. The van der Waals surface area contributed by atoms with Crippen LogP contribution in [-0.4, -0.2) is 31.0 Å². The van der Waals surface area contributed by atoms with Crippen LogP contribution in [0.4, 0.5) is 0 Å². The van der Waals surface area contributed by atoms with E-state index in [1.807, 2.05) is 61.7 Å². The Morgan fingerprint density at radius 3 is 2.71 bits per heavy atom. The molecular weight excluding hydrogens is 430 g/mol. The highest BCUT2D eigenvalue weighted by Gasteiger charge is 2.19. The molecule has 1 N–H and O–H groups in total. The van der Waals surface area contributed by atoms with Crippen molar-refractivity contribution in [1.29, 1.82) is 0 Å². The lowest BCUT2D eigenvalue weighted by atomic mass is 10.2. The van der Waals surface area contributed by atoms with Crippen molar-refractivity contribution in [1.82, 2.24) is 24.6 Å². The average molecular weight is 454 g/mol. The molecule has 0 aliphatic carbocycles. The summed E-state index contributed by atoms with van der Waals surface area (Å²) in [5.41, 5.74) is 2.73. The van der Waals surface area contributed by atoms with Crippen molar-refractivity contribution < 1.29 is 4.79 Å². The fourth-order valence-corrected chi connectivity index (χ4v) is 4.82. The van der Waals surface area contributed by atoms with Gasteiger partial charge in [-0.05, 0) is 30.9 Å². The smallest absolute Gasteiger partial charge is 0.280 e. The van der Waals surface area contributed by atoms with Crippen LogP contribution in [0.5, 0.6) is 0 Å². The van der Waals surface area contributed by atoms with Crippen LogP contribution in [0, 0.1) is 6.92 Å². The van der Waals surface area contributed by atoms with E-state index in [-0.39, 0.29) is 17.2 Å². The van der Waals surface area contributed by atoms with Gasteiger partial charge in [-0.2, -0.15) is 5.10 Å². The Morgan fingerprint density at radius 1 is 1.19 bits per heavy atom. The van der Waals surface area contributed by atoms with E-state index in [0.29, 0.717) is 41.5 Å². The van der Waals surface area contributed by atoms with E-state index in [2.05, 4.69) is 10.4 Å². The van der Waals surface area contributed by atoms with Gasteiger partial charge < -0.3 is 5.32 Å². The molecule has 0 bridgehead atoms. The maximum Gasteiger partial charge on any atom is 0.280 e. The van der Waals surface area contributed by atoms with E-state index in [1.54, 1.807) is 20.6 Å². The van der Waals surface area contributed by atoms with Crippen LogP contribution >= 0.6 is 23.1 Å². The molecule has 0 saturated heterocycles. The number of aromatic nitrogens is 4. The van der Waals surface area contributed by atoms with E-state index in [4.69, 9.17) is 4.98 Å². The molecule has 0 aliphatic heterocycles. The molecule has 4 rings (SSSR count). The fourth-order valence-electron chi connectivity index (χ4n) is 3.30. The monoisotopic (exact) mass is 453 g/mol. The van der Waals surface area contributed by atoms with Gasteiger partial charge in [0.2, 0.25) is 5.91 Å². The summed E-state index contributed by atoms with van der Waals surface area (Å²) in [4.78, 5) is 31.6. The number of benzene rings is 1. The molecular formula is C22H23N5O2S2. The van der Waals surface area contributed by atoms with Crippen molar-refractivity contribution in [3.63, 3.8) is 0 Å². The van der Waals surface area contributed by atoms with Gasteiger partial charge in [0.25, 0.3) is 5.56 Å². The fraction of sp³-hybridized carbons (Fsp3) is 0.273. The Morgan fingerprint density at radius 2 is 2.00 bits per heavy atom. The van der Waals surface area contributed by atoms with E-state index < -0.39 is 0 Å². The summed E-state index contributed by atoms with van der Waals surface area (Å²) >= 11 is 2.86. The number of fused-ring (bicyclic) bond motifs is 1. The van der Waals surface area contributed by atoms with Crippen LogP contribution in [0.25, 0.3) is 11.0 Å². The molecule has 160 valence electrons. The number of thiophene rings is 1. The number of hydrogen-bond donors (Lipinski definition) is 1. The highest BCUT2D eigenvalue weighted by atomic mass is 32.2. The van der Waals surface area contributed by atoms with Crippen molar-refractivity contribution in [2.24, 2.45) is 0 Å². The van der Waals surface area contributed by atoms with Gasteiger partial charge in [-0.3, -0.25) is 18.8 Å². The summed E-state index contributed by atoms with van der Waals surface area (Å²) < 4.78 is 3.35. The molecule has 0 unspecified atom stereocenters. The Balaban J connectivity index is 1.60. The largest absolute Gasteiger partial charge is 0.351 e. The van der Waals surface area contributed by atoms with Crippen molar-refractivity contribution >= 4 is 40.0 Å². The quantitative estimate of drug-likeness (QED) is 0.326. The maximum atomic E-state index is 13.4. The summed E-state index contributed by atoms with van der Waals surface area (Å²) in [5.74, 6) is 0.0720. The van der Waals surface area contributed by atoms with Gasteiger partial charge in [0.15, 0.2) is 10.7 Å². The zero-order chi connectivity index (χ0) is 21.8. The molecule has 0 spiro atoms. The zero-order valence-corrected chi connectivity index (χ0v) is 19.0. The van der Waals surface area contributed by atoms with Crippen LogP contribution in [0.2, 0.25) is 0 Å². The van der Waals surface area contributed by atoms with Crippen LogP contribution < -0.4 is 10.9 Å². The van der Waals surface area contributed by atoms with E-state index in [9.17, 15) is 9.59 Å². The van der Waals surface area contributed by atoms with Crippen molar-refractivity contribution in [3.8, 4) is 0 Å². The molecule has 4 aromatic rings. The second-order valence-corrected chi connectivity index (χ2v) is 8.99.